The number of rotatable bonds is 8. The molecule has 2 rings (SSSR count). The molecule has 8 nitrogen and oxygen atoms in total. The lowest BCUT2D eigenvalue weighted by Crippen LogP contribution is -2.44. The molecule has 10 heteroatoms. The van der Waals surface area contributed by atoms with Crippen LogP contribution in [0.4, 0.5) is 11.4 Å². The summed E-state index contributed by atoms with van der Waals surface area (Å²) in [7, 11) is 0. The first-order chi connectivity index (χ1) is 13.8. The molecule has 0 fully saturated rings. The molecule has 0 saturated carbocycles. The van der Waals surface area contributed by atoms with Crippen molar-refractivity contribution < 1.29 is 14.5 Å². The van der Waals surface area contributed by atoms with Crippen LogP contribution in [0.5, 0.6) is 0 Å². The average molecular weight is 433 g/mol. The second-order valence-corrected chi connectivity index (χ2v) is 7.31. The van der Waals surface area contributed by atoms with Crippen LogP contribution in [0.25, 0.3) is 0 Å². The molecular formula is C19H17ClN4O4S. The van der Waals surface area contributed by atoms with E-state index in [9.17, 15) is 19.7 Å². The van der Waals surface area contributed by atoms with Gasteiger partial charge in [-0.15, -0.1) is 0 Å². The fourth-order valence-electron chi connectivity index (χ4n) is 2.44. The molecule has 0 aliphatic rings. The van der Waals surface area contributed by atoms with Crippen LogP contribution in [0.1, 0.15) is 22.3 Å². The lowest BCUT2D eigenvalue weighted by atomic mass is 10.1. The summed E-state index contributed by atoms with van der Waals surface area (Å²) in [6.07, 6.45) is 2.22. The van der Waals surface area contributed by atoms with Gasteiger partial charge in [0.25, 0.3) is 11.6 Å². The van der Waals surface area contributed by atoms with Gasteiger partial charge in [-0.05, 0) is 48.8 Å². The van der Waals surface area contributed by atoms with Crippen LogP contribution in [0.2, 0.25) is 5.02 Å². The van der Waals surface area contributed by atoms with E-state index in [0.717, 1.165) is 6.07 Å². The van der Waals surface area contributed by atoms with E-state index in [2.05, 4.69) is 10.6 Å². The van der Waals surface area contributed by atoms with Gasteiger partial charge in [-0.3, -0.25) is 19.7 Å². The summed E-state index contributed by atoms with van der Waals surface area (Å²) < 4.78 is 0. The van der Waals surface area contributed by atoms with Crippen LogP contribution in [0.15, 0.2) is 42.5 Å². The van der Waals surface area contributed by atoms with Gasteiger partial charge in [0.05, 0.1) is 16.6 Å². The van der Waals surface area contributed by atoms with E-state index in [1.807, 2.05) is 12.3 Å². The number of nitro benzene ring substituents is 1. The first-order valence-electron chi connectivity index (χ1n) is 8.40. The van der Waals surface area contributed by atoms with Gasteiger partial charge in [0.15, 0.2) is 0 Å². The summed E-state index contributed by atoms with van der Waals surface area (Å²) in [4.78, 5) is 35.6. The zero-order chi connectivity index (χ0) is 21.4. The molecule has 2 amide bonds. The molecule has 1 unspecified atom stereocenters. The minimum atomic E-state index is -0.865. The Morgan fingerprint density at radius 3 is 2.72 bits per heavy atom. The Morgan fingerprint density at radius 1 is 1.31 bits per heavy atom. The molecule has 2 N–H and O–H groups in total. The van der Waals surface area contributed by atoms with Crippen LogP contribution in [-0.4, -0.2) is 34.8 Å². The average Bonchev–Trinajstić information content (AvgIpc) is 2.71. The molecule has 0 heterocycles. The molecule has 2 aromatic rings. The summed E-state index contributed by atoms with van der Waals surface area (Å²) in [5, 5.41) is 25.2. The van der Waals surface area contributed by atoms with Gasteiger partial charge in [0.1, 0.15) is 11.1 Å². The number of anilines is 1. The van der Waals surface area contributed by atoms with Crippen LogP contribution < -0.4 is 10.6 Å². The van der Waals surface area contributed by atoms with Crippen LogP contribution >= 0.6 is 23.4 Å². The lowest BCUT2D eigenvalue weighted by molar-refractivity contribution is -0.384. The maximum atomic E-state index is 12.7. The van der Waals surface area contributed by atoms with Crippen molar-refractivity contribution in [1.82, 2.24) is 5.32 Å². The number of benzene rings is 2. The molecule has 0 aromatic heterocycles. The second-order valence-electron chi connectivity index (χ2n) is 5.91. The number of thioether (sulfide) groups is 1. The number of nitrogens with one attached hydrogen (secondary N) is 2. The SMILES string of the molecule is CSCCC(NC(=O)c1ccc(Cl)c([N+](=O)[O-])c1)C(=O)Nc1cccc(C#N)c1. The predicted molar refractivity (Wildman–Crippen MR) is 112 cm³/mol. The van der Waals surface area contributed by atoms with E-state index >= 15 is 0 Å². The van der Waals surface area contributed by atoms with Gasteiger partial charge in [-0.25, -0.2) is 0 Å². The van der Waals surface area contributed by atoms with E-state index in [-0.39, 0.29) is 10.6 Å². The third-order valence-corrected chi connectivity index (χ3v) is 4.86. The minimum Gasteiger partial charge on any atom is -0.340 e. The highest BCUT2D eigenvalue weighted by Gasteiger charge is 2.23. The number of halogens is 1. The van der Waals surface area contributed by atoms with Gasteiger partial charge in [-0.2, -0.15) is 17.0 Å². The number of nitrogens with zero attached hydrogens (tertiary/aromatic N) is 2. The van der Waals surface area contributed by atoms with Crippen LogP contribution in [0, 0.1) is 21.4 Å². The molecule has 1 atom stereocenters. The van der Waals surface area contributed by atoms with E-state index in [4.69, 9.17) is 16.9 Å². The molecule has 2 aromatic carbocycles. The third kappa shape index (κ3) is 6.20. The molecule has 150 valence electrons. The Kier molecular flexibility index (Phi) is 8.00. The maximum Gasteiger partial charge on any atom is 0.288 e. The summed E-state index contributed by atoms with van der Waals surface area (Å²) in [5.74, 6) is -0.472. The monoisotopic (exact) mass is 432 g/mol. The first-order valence-corrected chi connectivity index (χ1v) is 10.2. The molecular weight excluding hydrogens is 416 g/mol. The predicted octanol–water partition coefficient (Wildman–Crippen LogP) is 3.61. The van der Waals surface area contributed by atoms with Crippen molar-refractivity contribution >= 4 is 46.6 Å². The normalized spacial score (nSPS) is 11.2. The number of carbonyl (C=O) groups is 2. The molecule has 0 spiro atoms. The molecule has 0 radical (unpaired) electrons. The number of hydrogen-bond donors (Lipinski definition) is 2. The number of amides is 2. The Balaban J connectivity index is 2.18. The van der Waals surface area contributed by atoms with Gasteiger partial charge < -0.3 is 10.6 Å². The second kappa shape index (κ2) is 10.5. The van der Waals surface area contributed by atoms with E-state index in [0.29, 0.717) is 23.4 Å². The van der Waals surface area contributed by atoms with Gasteiger partial charge >= 0.3 is 0 Å². The van der Waals surface area contributed by atoms with E-state index < -0.39 is 28.5 Å². The van der Waals surface area contributed by atoms with Crippen molar-refractivity contribution in [3.8, 4) is 6.07 Å². The first kappa shape index (κ1) is 22.2. The maximum absolute atomic E-state index is 12.7. The van der Waals surface area contributed by atoms with Crippen molar-refractivity contribution in [2.24, 2.45) is 0 Å². The summed E-state index contributed by atoms with van der Waals surface area (Å²) in [5.41, 5.74) is 0.452. The molecule has 0 aliphatic carbocycles. The molecule has 0 saturated heterocycles. The fraction of sp³-hybridized carbons (Fsp3) is 0.211. The zero-order valence-corrected chi connectivity index (χ0v) is 16.9. The highest BCUT2D eigenvalue weighted by Crippen LogP contribution is 2.25. The number of hydrogen-bond acceptors (Lipinski definition) is 6. The molecule has 0 aliphatic heterocycles. The molecule has 0 bridgehead atoms. The van der Waals surface area contributed by atoms with Crippen molar-refractivity contribution in [3.05, 3.63) is 68.7 Å². The number of nitriles is 1. The van der Waals surface area contributed by atoms with E-state index in [1.54, 1.807) is 18.2 Å². The van der Waals surface area contributed by atoms with Gasteiger partial charge in [0, 0.05) is 17.3 Å². The lowest BCUT2D eigenvalue weighted by Gasteiger charge is -2.18. The largest absolute Gasteiger partial charge is 0.340 e. The molecule has 29 heavy (non-hydrogen) atoms. The number of nitro groups is 1. The quantitative estimate of drug-likeness (QED) is 0.484. The van der Waals surface area contributed by atoms with Crippen molar-refractivity contribution in [2.75, 3.05) is 17.3 Å². The third-order valence-electron chi connectivity index (χ3n) is 3.90. The summed E-state index contributed by atoms with van der Waals surface area (Å²) >= 11 is 7.28. The van der Waals surface area contributed by atoms with Crippen molar-refractivity contribution in [3.63, 3.8) is 0 Å². The Morgan fingerprint density at radius 2 is 2.07 bits per heavy atom. The van der Waals surface area contributed by atoms with Crippen molar-refractivity contribution in [2.45, 2.75) is 12.5 Å². The fourth-order valence-corrected chi connectivity index (χ4v) is 3.09. The van der Waals surface area contributed by atoms with Gasteiger partial charge in [-0.1, -0.05) is 17.7 Å². The Hall–Kier alpha value is -3.09. The Bertz CT molecular complexity index is 977. The highest BCUT2D eigenvalue weighted by molar-refractivity contribution is 7.98. The van der Waals surface area contributed by atoms with Gasteiger partial charge in [0.2, 0.25) is 5.91 Å². The van der Waals surface area contributed by atoms with Crippen LogP contribution in [0.3, 0.4) is 0 Å². The smallest absolute Gasteiger partial charge is 0.288 e. The summed E-state index contributed by atoms with van der Waals surface area (Å²) in [6, 6.07) is 11.2. The topological polar surface area (TPSA) is 125 Å². The van der Waals surface area contributed by atoms with E-state index in [1.165, 1.54) is 30.0 Å². The van der Waals surface area contributed by atoms with Crippen molar-refractivity contribution in [1.29, 1.82) is 5.26 Å². The summed E-state index contributed by atoms with van der Waals surface area (Å²) in [6.45, 7) is 0. The highest BCUT2D eigenvalue weighted by atomic mass is 35.5. The standard InChI is InChI=1S/C19H17ClN4O4S/c1-29-8-7-16(19(26)22-14-4-2-3-12(9-14)11-21)23-18(25)13-5-6-15(20)17(10-13)24(27)28/h2-6,9-10,16H,7-8H2,1H3,(H,22,26)(H,23,25). The Labute approximate surface area is 176 Å². The minimum absolute atomic E-state index is 0.0227. The van der Waals surface area contributed by atoms with Crippen LogP contribution in [-0.2, 0) is 4.79 Å². The zero-order valence-electron chi connectivity index (χ0n) is 15.3. The number of carbonyl (C=O) groups excluding carboxylic acids is 2.